The van der Waals surface area contributed by atoms with E-state index in [1.54, 1.807) is 0 Å². The summed E-state index contributed by atoms with van der Waals surface area (Å²) >= 11 is 0. The number of ether oxygens (including phenoxy) is 1. The van der Waals surface area contributed by atoms with Crippen molar-refractivity contribution in [3.05, 3.63) is 0 Å². The lowest BCUT2D eigenvalue weighted by Gasteiger charge is -2.74. The van der Waals surface area contributed by atoms with Gasteiger partial charge in [-0.1, -0.05) is 78.6 Å². The van der Waals surface area contributed by atoms with Crippen molar-refractivity contribution in [2.24, 2.45) is 0 Å². The van der Waals surface area contributed by atoms with E-state index in [1.165, 1.54) is 0 Å². The van der Waals surface area contributed by atoms with Crippen molar-refractivity contribution in [2.75, 3.05) is 6.61 Å². The van der Waals surface area contributed by atoms with Crippen LogP contribution in [-0.2, 0) is 4.74 Å². The SMILES string of the molecule is C[Si](C)(C)C1(O)O[C@H](CO)[C@](O)([Si](C)(C)C)[C@](O)([Si](C)(C)C)[C@@]1(O)[Si](C)(C)C. The van der Waals surface area contributed by atoms with E-state index in [-0.39, 0.29) is 0 Å². The van der Waals surface area contributed by atoms with Crippen molar-refractivity contribution >= 4 is 32.3 Å². The molecule has 1 unspecified atom stereocenters. The smallest absolute Gasteiger partial charge is 0.176 e. The zero-order valence-corrected chi connectivity index (χ0v) is 23.9. The second-order valence-electron chi connectivity index (χ2n) is 12.6. The summed E-state index contributed by atoms with van der Waals surface area (Å²) in [6, 6.07) is 0. The minimum Gasteiger partial charge on any atom is -0.394 e. The summed E-state index contributed by atoms with van der Waals surface area (Å²) < 4.78 is 6.16. The number of hydrogen-bond acceptors (Lipinski definition) is 6. The van der Waals surface area contributed by atoms with Gasteiger partial charge in [-0.25, -0.2) is 0 Å². The molecule has 10 heteroatoms. The third-order valence-corrected chi connectivity index (χ3v) is 18.9. The highest BCUT2D eigenvalue weighted by molar-refractivity contribution is 6.91. The average molecular weight is 469 g/mol. The van der Waals surface area contributed by atoms with Crippen LogP contribution in [0, 0.1) is 0 Å². The van der Waals surface area contributed by atoms with Gasteiger partial charge in [0.2, 0.25) is 0 Å². The topological polar surface area (TPSA) is 110 Å². The second-order valence-corrected chi connectivity index (χ2v) is 33.5. The molecule has 0 aliphatic carbocycles. The first-order chi connectivity index (χ1) is 11.9. The molecule has 1 saturated heterocycles. The van der Waals surface area contributed by atoms with Crippen molar-refractivity contribution < 1.29 is 30.3 Å². The molecule has 168 valence electrons. The van der Waals surface area contributed by atoms with Crippen molar-refractivity contribution in [1.82, 2.24) is 0 Å². The highest BCUT2D eigenvalue weighted by atomic mass is 28.3. The van der Waals surface area contributed by atoms with Gasteiger partial charge in [-0.3, -0.25) is 0 Å². The summed E-state index contributed by atoms with van der Waals surface area (Å²) in [4.78, 5) is 0. The summed E-state index contributed by atoms with van der Waals surface area (Å²) in [6.07, 6.45) is -1.18. The molecule has 1 fully saturated rings. The number of aliphatic hydroxyl groups is 5. The molecule has 1 heterocycles. The fourth-order valence-electron chi connectivity index (χ4n) is 5.21. The molecule has 5 atom stereocenters. The number of hydrogen-bond donors (Lipinski definition) is 5. The van der Waals surface area contributed by atoms with Crippen LogP contribution in [0.4, 0.5) is 0 Å². The van der Waals surface area contributed by atoms with Crippen LogP contribution in [0.2, 0.25) is 78.6 Å². The Bertz CT molecular complexity index is 605. The third-order valence-electron chi connectivity index (χ3n) is 6.84. The number of rotatable bonds is 5. The van der Waals surface area contributed by atoms with E-state index in [0.29, 0.717) is 0 Å². The minimum atomic E-state index is -2.80. The van der Waals surface area contributed by atoms with Crippen LogP contribution < -0.4 is 0 Å². The van der Waals surface area contributed by atoms with Gasteiger partial charge in [0.1, 0.15) is 29.9 Å². The monoisotopic (exact) mass is 468 g/mol. The molecule has 0 saturated carbocycles. The molecule has 0 bridgehead atoms. The van der Waals surface area contributed by atoms with Crippen LogP contribution in [0.1, 0.15) is 0 Å². The zero-order valence-electron chi connectivity index (χ0n) is 19.9. The first kappa shape index (κ1) is 26.7. The van der Waals surface area contributed by atoms with Gasteiger partial charge in [0.15, 0.2) is 5.41 Å². The highest BCUT2D eigenvalue weighted by Crippen LogP contribution is 2.60. The van der Waals surface area contributed by atoms with Crippen molar-refractivity contribution in [3.8, 4) is 0 Å². The fraction of sp³-hybridized carbons (Fsp3) is 1.00. The molecular formula is C18H44O6Si4. The molecule has 1 aliphatic rings. The van der Waals surface area contributed by atoms with Gasteiger partial charge in [-0.2, -0.15) is 0 Å². The summed E-state index contributed by atoms with van der Waals surface area (Å²) in [5, 5.41) is 53.8. The van der Waals surface area contributed by atoms with Gasteiger partial charge in [-0.15, -0.1) is 0 Å². The van der Waals surface area contributed by atoms with Crippen LogP contribution in [0.5, 0.6) is 0 Å². The van der Waals surface area contributed by atoms with Gasteiger partial charge in [0.05, 0.1) is 30.8 Å². The van der Waals surface area contributed by atoms with E-state index in [4.69, 9.17) is 4.74 Å². The Balaban J connectivity index is 4.30. The van der Waals surface area contributed by atoms with Gasteiger partial charge in [-0.05, 0) is 0 Å². The molecule has 28 heavy (non-hydrogen) atoms. The largest absolute Gasteiger partial charge is 0.394 e. The second kappa shape index (κ2) is 6.81. The zero-order chi connectivity index (χ0) is 23.0. The summed E-state index contributed by atoms with van der Waals surface area (Å²) in [5.41, 5.74) is -2.02. The quantitative estimate of drug-likeness (QED) is 0.393. The molecule has 1 aliphatic heterocycles. The Hall–Kier alpha value is 0.628. The molecule has 1 rings (SSSR count). The van der Waals surface area contributed by atoms with Gasteiger partial charge >= 0.3 is 0 Å². The predicted molar refractivity (Wildman–Crippen MR) is 125 cm³/mol. The molecule has 0 aromatic heterocycles. The van der Waals surface area contributed by atoms with Crippen LogP contribution >= 0.6 is 0 Å². The van der Waals surface area contributed by atoms with Crippen LogP contribution in [0.15, 0.2) is 0 Å². The van der Waals surface area contributed by atoms with E-state index >= 15 is 0 Å². The molecule has 6 nitrogen and oxygen atoms in total. The van der Waals surface area contributed by atoms with E-state index in [0.717, 1.165) is 0 Å². The first-order valence-corrected chi connectivity index (χ1v) is 24.1. The fourth-order valence-corrected chi connectivity index (χ4v) is 21.3. The maximum atomic E-state index is 12.6. The molecule has 0 amide bonds. The Kier molecular flexibility index (Phi) is 6.49. The Labute approximate surface area is 175 Å². The van der Waals surface area contributed by atoms with Gasteiger partial charge in [0, 0.05) is 0 Å². The van der Waals surface area contributed by atoms with Crippen LogP contribution in [0.25, 0.3) is 0 Å². The Morgan fingerprint density at radius 1 is 0.607 bits per heavy atom. The van der Waals surface area contributed by atoms with Crippen LogP contribution in [-0.4, -0.2) is 91.6 Å². The van der Waals surface area contributed by atoms with E-state index < -0.39 is 66.1 Å². The lowest BCUT2D eigenvalue weighted by molar-refractivity contribution is -0.361. The Morgan fingerprint density at radius 3 is 1.18 bits per heavy atom. The van der Waals surface area contributed by atoms with Gasteiger partial charge in [0.25, 0.3) is 0 Å². The molecule has 0 aromatic carbocycles. The van der Waals surface area contributed by atoms with Crippen LogP contribution in [0.3, 0.4) is 0 Å². The van der Waals surface area contributed by atoms with Gasteiger partial charge < -0.3 is 30.3 Å². The van der Waals surface area contributed by atoms with Crippen molar-refractivity contribution in [2.45, 2.75) is 106 Å². The maximum absolute atomic E-state index is 12.6. The van der Waals surface area contributed by atoms with Crippen molar-refractivity contribution in [3.63, 3.8) is 0 Å². The Morgan fingerprint density at radius 2 is 0.964 bits per heavy atom. The average Bonchev–Trinajstić information content (AvgIpc) is 2.43. The molecule has 5 N–H and O–H groups in total. The lowest BCUT2D eigenvalue weighted by Crippen LogP contribution is -2.99. The van der Waals surface area contributed by atoms with E-state index in [9.17, 15) is 25.5 Å². The lowest BCUT2D eigenvalue weighted by atomic mass is 9.95. The summed E-state index contributed by atoms with van der Waals surface area (Å²) in [6.45, 7) is 22.3. The summed E-state index contributed by atoms with van der Waals surface area (Å²) in [5.74, 6) is 0. The normalized spacial score (nSPS) is 41.2. The number of aliphatic hydroxyl groups excluding tert-OH is 1. The maximum Gasteiger partial charge on any atom is 0.176 e. The highest BCUT2D eigenvalue weighted by Gasteiger charge is 2.85. The summed E-state index contributed by atoms with van der Waals surface area (Å²) in [7, 11) is -11.0. The molecule has 0 spiro atoms. The molecule has 0 radical (unpaired) electrons. The molecule has 0 aromatic rings. The molecular weight excluding hydrogens is 425 g/mol. The standard InChI is InChI=1S/C18H44O6Si4/c1-25(2,3)15(20)14(13-19)24-18(23,28(10,11)12)17(22,27(7,8)9)16(15,21)26(4,5)6/h14,19-23H,13H2,1-12H3/t14-,15+,16+,17-,18?/m1/s1. The van der Waals surface area contributed by atoms with E-state index in [1.807, 2.05) is 78.6 Å². The predicted octanol–water partition coefficient (Wildman–Crippen LogP) is 1.77. The minimum absolute atomic E-state index is 0.540. The van der Waals surface area contributed by atoms with E-state index in [2.05, 4.69) is 0 Å². The third kappa shape index (κ3) is 2.98. The van der Waals surface area contributed by atoms with Crippen molar-refractivity contribution in [1.29, 1.82) is 0 Å². The first-order valence-electron chi connectivity index (χ1n) is 10.1.